The smallest absolute Gasteiger partial charge is 0.338 e. The van der Waals surface area contributed by atoms with Crippen LogP contribution in [-0.4, -0.2) is 37.0 Å². The molecule has 0 aliphatic heterocycles. The molecule has 1 saturated carbocycles. The number of hydrogen-bond acceptors (Lipinski definition) is 3. The summed E-state index contributed by atoms with van der Waals surface area (Å²) in [6.07, 6.45) is 1.85. The number of aliphatic carboxylic acids is 1. The second kappa shape index (κ2) is 4.07. The van der Waals surface area contributed by atoms with Crippen molar-refractivity contribution in [2.75, 3.05) is 20.3 Å². The maximum Gasteiger partial charge on any atom is 0.338 e. The van der Waals surface area contributed by atoms with Gasteiger partial charge in [0.25, 0.3) is 0 Å². The predicted octanol–water partition coefficient (Wildman–Crippen LogP) is 0.903. The lowest BCUT2D eigenvalue weighted by molar-refractivity contribution is -0.177. The van der Waals surface area contributed by atoms with Crippen LogP contribution in [0.1, 0.15) is 19.8 Å². The van der Waals surface area contributed by atoms with Crippen LogP contribution in [0, 0.1) is 5.92 Å². The van der Waals surface area contributed by atoms with Gasteiger partial charge in [0.1, 0.15) is 0 Å². The van der Waals surface area contributed by atoms with E-state index in [0.29, 0.717) is 6.61 Å². The zero-order chi connectivity index (χ0) is 9.90. The molecule has 1 aliphatic rings. The van der Waals surface area contributed by atoms with Gasteiger partial charge >= 0.3 is 5.97 Å². The van der Waals surface area contributed by atoms with E-state index in [4.69, 9.17) is 14.6 Å². The average Bonchev–Trinajstić information content (AvgIpc) is 2.85. The second-order valence-corrected chi connectivity index (χ2v) is 3.33. The van der Waals surface area contributed by atoms with E-state index >= 15 is 0 Å². The summed E-state index contributed by atoms with van der Waals surface area (Å²) in [5, 5.41) is 9.09. The van der Waals surface area contributed by atoms with E-state index in [0.717, 1.165) is 12.8 Å². The third-order valence-electron chi connectivity index (χ3n) is 2.36. The van der Waals surface area contributed by atoms with Crippen molar-refractivity contribution in [1.29, 1.82) is 0 Å². The topological polar surface area (TPSA) is 55.8 Å². The minimum absolute atomic E-state index is 0.130. The first-order valence-corrected chi connectivity index (χ1v) is 4.53. The van der Waals surface area contributed by atoms with Gasteiger partial charge in [0, 0.05) is 19.6 Å². The molecule has 0 spiro atoms. The summed E-state index contributed by atoms with van der Waals surface area (Å²) in [6, 6.07) is 0. The van der Waals surface area contributed by atoms with E-state index in [9.17, 15) is 4.79 Å². The largest absolute Gasteiger partial charge is 0.479 e. The van der Waals surface area contributed by atoms with Gasteiger partial charge in [-0.1, -0.05) is 0 Å². The third kappa shape index (κ3) is 2.00. The monoisotopic (exact) mass is 188 g/mol. The summed E-state index contributed by atoms with van der Waals surface area (Å²) < 4.78 is 10.2. The van der Waals surface area contributed by atoms with Crippen molar-refractivity contribution in [2.45, 2.75) is 25.4 Å². The van der Waals surface area contributed by atoms with Gasteiger partial charge in [-0.3, -0.25) is 0 Å². The predicted molar refractivity (Wildman–Crippen MR) is 46.6 cm³/mol. The molecule has 1 N–H and O–H groups in total. The third-order valence-corrected chi connectivity index (χ3v) is 2.36. The molecule has 0 aromatic rings. The van der Waals surface area contributed by atoms with Gasteiger partial charge in [-0.2, -0.15) is 0 Å². The summed E-state index contributed by atoms with van der Waals surface area (Å²) in [7, 11) is 1.50. The summed E-state index contributed by atoms with van der Waals surface area (Å²) in [4.78, 5) is 11.1. The molecule has 0 aromatic carbocycles. The highest BCUT2D eigenvalue weighted by Crippen LogP contribution is 2.42. The van der Waals surface area contributed by atoms with Crippen LogP contribution in [0.5, 0.6) is 0 Å². The average molecular weight is 188 g/mol. The van der Waals surface area contributed by atoms with Gasteiger partial charge in [-0.05, 0) is 19.8 Å². The maximum absolute atomic E-state index is 11.1. The summed E-state index contributed by atoms with van der Waals surface area (Å²) in [5.74, 6) is -0.774. The van der Waals surface area contributed by atoms with E-state index in [1.54, 1.807) is 6.92 Å². The van der Waals surface area contributed by atoms with E-state index < -0.39 is 11.6 Å². The lowest BCUT2D eigenvalue weighted by atomic mass is 9.99. The highest BCUT2D eigenvalue weighted by molar-refractivity contribution is 5.78. The Hall–Kier alpha value is -0.610. The summed E-state index contributed by atoms with van der Waals surface area (Å²) in [5.41, 5.74) is -1.09. The summed E-state index contributed by atoms with van der Waals surface area (Å²) in [6.45, 7) is 2.35. The van der Waals surface area contributed by atoms with Gasteiger partial charge in [0.2, 0.25) is 0 Å². The molecule has 1 fully saturated rings. The van der Waals surface area contributed by atoms with E-state index in [1.165, 1.54) is 7.11 Å². The van der Waals surface area contributed by atoms with Crippen LogP contribution in [-0.2, 0) is 14.3 Å². The molecule has 76 valence electrons. The molecule has 0 saturated heterocycles. The normalized spacial score (nSPS) is 21.1. The van der Waals surface area contributed by atoms with E-state index in [1.807, 2.05) is 0 Å². The molecular formula is C9H16O4. The Morgan fingerprint density at radius 2 is 2.23 bits per heavy atom. The molecule has 0 heterocycles. The zero-order valence-electron chi connectivity index (χ0n) is 8.08. The minimum Gasteiger partial charge on any atom is -0.479 e. The number of carboxylic acid groups (broad SMARTS) is 1. The molecule has 1 atom stereocenters. The highest BCUT2D eigenvalue weighted by Gasteiger charge is 2.52. The van der Waals surface area contributed by atoms with Crippen LogP contribution in [0.3, 0.4) is 0 Å². The minimum atomic E-state index is -1.09. The van der Waals surface area contributed by atoms with Crippen LogP contribution < -0.4 is 0 Å². The number of ether oxygens (including phenoxy) is 2. The Labute approximate surface area is 77.8 Å². The fraction of sp³-hybridized carbons (Fsp3) is 0.889. The van der Waals surface area contributed by atoms with Crippen LogP contribution >= 0.6 is 0 Å². The number of hydrogen-bond donors (Lipinski definition) is 1. The Kier molecular flexibility index (Phi) is 3.27. The Morgan fingerprint density at radius 3 is 2.54 bits per heavy atom. The van der Waals surface area contributed by atoms with Gasteiger partial charge in [-0.25, -0.2) is 4.79 Å². The molecule has 13 heavy (non-hydrogen) atoms. The number of methoxy groups -OCH3 is 1. The number of carbonyl (C=O) groups is 1. The lowest BCUT2D eigenvalue weighted by Crippen LogP contribution is -2.48. The van der Waals surface area contributed by atoms with Crippen LogP contribution in [0.2, 0.25) is 0 Å². The highest BCUT2D eigenvalue weighted by atomic mass is 16.6. The van der Waals surface area contributed by atoms with Gasteiger partial charge in [-0.15, -0.1) is 0 Å². The summed E-state index contributed by atoms with van der Waals surface area (Å²) >= 11 is 0. The van der Waals surface area contributed by atoms with Crippen LogP contribution in [0.4, 0.5) is 0 Å². The van der Waals surface area contributed by atoms with Crippen LogP contribution in [0.25, 0.3) is 0 Å². The fourth-order valence-electron chi connectivity index (χ4n) is 1.60. The van der Waals surface area contributed by atoms with Crippen molar-refractivity contribution in [1.82, 2.24) is 0 Å². The quantitative estimate of drug-likeness (QED) is 0.673. The Bertz CT molecular complexity index is 180. The van der Waals surface area contributed by atoms with Gasteiger partial charge in [0.15, 0.2) is 5.60 Å². The first-order valence-electron chi connectivity index (χ1n) is 4.53. The second-order valence-electron chi connectivity index (χ2n) is 3.33. The number of carboxylic acids is 1. The first-order chi connectivity index (χ1) is 6.17. The first kappa shape index (κ1) is 10.5. The van der Waals surface area contributed by atoms with Crippen LogP contribution in [0.15, 0.2) is 0 Å². The standard InChI is InChI=1S/C9H16O4/c1-3-13-9(6-12-2,8(10)11)7-4-5-7/h7H,3-6H2,1-2H3,(H,10,11). The fourth-order valence-corrected chi connectivity index (χ4v) is 1.60. The lowest BCUT2D eigenvalue weighted by Gasteiger charge is -2.28. The maximum atomic E-state index is 11.1. The molecule has 1 unspecified atom stereocenters. The number of rotatable bonds is 6. The molecule has 0 radical (unpaired) electrons. The molecule has 0 aromatic heterocycles. The van der Waals surface area contributed by atoms with Crippen molar-refractivity contribution in [3.8, 4) is 0 Å². The Balaban J connectivity index is 2.72. The molecule has 1 aliphatic carbocycles. The molecule has 4 heteroatoms. The van der Waals surface area contributed by atoms with Crippen molar-refractivity contribution >= 4 is 5.97 Å². The molecular weight excluding hydrogens is 172 g/mol. The van der Waals surface area contributed by atoms with Crippen molar-refractivity contribution < 1.29 is 19.4 Å². The van der Waals surface area contributed by atoms with Crippen molar-refractivity contribution in [3.05, 3.63) is 0 Å². The Morgan fingerprint density at radius 1 is 1.62 bits per heavy atom. The zero-order valence-corrected chi connectivity index (χ0v) is 8.08. The molecule has 1 rings (SSSR count). The van der Waals surface area contributed by atoms with Gasteiger partial charge < -0.3 is 14.6 Å². The van der Waals surface area contributed by atoms with Crippen molar-refractivity contribution in [3.63, 3.8) is 0 Å². The SMILES string of the molecule is CCOC(COC)(C(=O)O)C1CC1. The van der Waals surface area contributed by atoms with Gasteiger partial charge in [0.05, 0.1) is 6.61 Å². The molecule has 0 bridgehead atoms. The van der Waals surface area contributed by atoms with E-state index in [2.05, 4.69) is 0 Å². The molecule has 0 amide bonds. The van der Waals surface area contributed by atoms with E-state index in [-0.39, 0.29) is 12.5 Å². The molecule has 4 nitrogen and oxygen atoms in total. The van der Waals surface area contributed by atoms with Crippen molar-refractivity contribution in [2.24, 2.45) is 5.92 Å².